The van der Waals surface area contributed by atoms with Gasteiger partial charge in [0.15, 0.2) is 0 Å². The fourth-order valence-corrected chi connectivity index (χ4v) is 11.6. The molecule has 0 radical (unpaired) electrons. The summed E-state index contributed by atoms with van der Waals surface area (Å²) in [6, 6.07) is 38.8. The van der Waals surface area contributed by atoms with Gasteiger partial charge in [0.2, 0.25) is 0 Å². The molecule has 0 aliphatic carbocycles. The molecule has 1 nitrogen and oxygen atoms in total. The minimum atomic E-state index is -3.08. The van der Waals surface area contributed by atoms with Crippen molar-refractivity contribution in [2.75, 3.05) is 6.16 Å². The first-order chi connectivity index (χ1) is 15.0. The second-order valence-corrected chi connectivity index (χ2v) is 17.1. The van der Waals surface area contributed by atoms with Crippen LogP contribution in [0.3, 0.4) is 0 Å². The molecule has 0 aliphatic heterocycles. The number of Topliss-reactive ketones (excluding diaryl/α,β-unsaturated/α-hetero) is 1. The van der Waals surface area contributed by atoms with Gasteiger partial charge in [-0.05, 0) is 0 Å². The molecule has 0 saturated carbocycles. The van der Waals surface area contributed by atoms with Crippen LogP contribution in [0.1, 0.15) is 16.8 Å². The van der Waals surface area contributed by atoms with Crippen molar-refractivity contribution < 1.29 is 4.79 Å². The van der Waals surface area contributed by atoms with Gasteiger partial charge in [0.25, 0.3) is 0 Å². The minimum absolute atomic E-state index is 0.118. The average Bonchev–Trinajstić information content (AvgIpc) is 2.84. The van der Waals surface area contributed by atoms with Gasteiger partial charge in [-0.1, -0.05) is 0 Å². The van der Waals surface area contributed by atoms with E-state index in [1.54, 1.807) is 24.3 Å². The van der Waals surface area contributed by atoms with Crippen LogP contribution in [-0.4, -0.2) is 11.9 Å². The molecule has 0 saturated heterocycles. The van der Waals surface area contributed by atoms with Gasteiger partial charge in [0.05, 0.1) is 0 Å². The number of hydrogen-bond acceptors (Lipinski definition) is 1. The van der Waals surface area contributed by atoms with Crippen LogP contribution in [-0.2, 0) is 0 Å². The maximum absolute atomic E-state index is 13.2. The molecule has 4 rings (SSSR count). The quantitative estimate of drug-likeness (QED) is 0.199. The van der Waals surface area contributed by atoms with E-state index in [0.717, 1.165) is 0 Å². The second kappa shape index (κ2) is 9.09. The summed E-state index contributed by atoms with van der Waals surface area (Å²) < 4.78 is 0. The van der Waals surface area contributed by atoms with Crippen LogP contribution >= 0.6 is 32.4 Å². The molecule has 4 aromatic carbocycles. The fourth-order valence-electron chi connectivity index (χ4n) is 4.14. The van der Waals surface area contributed by atoms with Crippen molar-refractivity contribution in [3.63, 3.8) is 0 Å². The Balaban J connectivity index is 1.88. The Labute approximate surface area is 196 Å². The first-order valence-electron chi connectivity index (χ1n) is 10.2. The Bertz CT molecular complexity index is 1060. The molecular weight excluding hydrogens is 487 g/mol. The number of halogens is 2. The molecule has 156 valence electrons. The summed E-state index contributed by atoms with van der Waals surface area (Å²) in [5.41, 5.74) is 0.691. The Kier molecular flexibility index (Phi) is 6.44. The van der Waals surface area contributed by atoms with E-state index in [1.165, 1.54) is 15.9 Å². The zero-order chi connectivity index (χ0) is 21.8. The van der Waals surface area contributed by atoms with Gasteiger partial charge in [0, 0.05) is 0 Å². The van der Waals surface area contributed by atoms with Crippen molar-refractivity contribution in [1.29, 1.82) is 0 Å². The van der Waals surface area contributed by atoms with Gasteiger partial charge in [0.1, 0.15) is 0 Å². The van der Waals surface area contributed by atoms with Gasteiger partial charge >= 0.3 is 197 Å². The van der Waals surface area contributed by atoms with E-state index in [1.807, 2.05) is 18.2 Å². The van der Waals surface area contributed by atoms with Gasteiger partial charge in [-0.2, -0.15) is 0 Å². The van der Waals surface area contributed by atoms with E-state index in [9.17, 15) is 4.79 Å². The van der Waals surface area contributed by atoms with Crippen LogP contribution in [0.15, 0.2) is 115 Å². The molecule has 0 N–H and O–H groups in total. The number of ketones is 1. The first kappa shape index (κ1) is 22.0. The van der Waals surface area contributed by atoms with Gasteiger partial charge in [-0.15, -0.1) is 0 Å². The summed E-state index contributed by atoms with van der Waals surface area (Å²) in [5, 5.41) is 1.21. The third-order valence-corrected chi connectivity index (χ3v) is 16.0. The Morgan fingerprint density at radius 1 is 0.645 bits per heavy atom. The maximum atomic E-state index is 13.2. The summed E-state index contributed by atoms with van der Waals surface area (Å²) in [4.78, 5) is 13.2. The predicted octanol–water partition coefficient (Wildman–Crippen LogP) is 6.75. The Morgan fingerprint density at radius 3 is 1.42 bits per heavy atom. The number of carbonyl (C=O) groups is 1. The van der Waals surface area contributed by atoms with Crippen LogP contribution in [0.25, 0.3) is 0 Å². The third-order valence-electron chi connectivity index (χ3n) is 5.81. The molecule has 0 fully saturated rings. The normalized spacial score (nSPS) is 12.6. The van der Waals surface area contributed by atoms with E-state index in [0.29, 0.717) is 23.2 Å². The molecule has 0 aromatic heterocycles. The van der Waals surface area contributed by atoms with E-state index >= 15 is 0 Å². The number of carbonyl (C=O) groups excluding carboxylic acids is 1. The average molecular weight is 510 g/mol. The zero-order valence-electron chi connectivity index (χ0n) is 17.0. The van der Waals surface area contributed by atoms with Crippen LogP contribution in [0, 0.1) is 0 Å². The van der Waals surface area contributed by atoms with E-state index in [-0.39, 0.29) is 5.78 Å². The van der Waals surface area contributed by atoms with Crippen LogP contribution in [0.5, 0.6) is 0 Å². The zero-order valence-corrected chi connectivity index (χ0v) is 20.2. The summed E-state index contributed by atoms with van der Waals surface area (Å²) in [6.07, 6.45) is 1.11. The van der Waals surface area contributed by atoms with Crippen molar-refractivity contribution >= 4 is 54.1 Å². The molecule has 0 spiro atoms. The summed E-state index contributed by atoms with van der Waals surface area (Å²) in [6.45, 7) is 0. The van der Waals surface area contributed by atoms with Gasteiger partial charge < -0.3 is 0 Å². The topological polar surface area (TPSA) is 17.1 Å². The molecule has 31 heavy (non-hydrogen) atoms. The van der Waals surface area contributed by atoms with Crippen molar-refractivity contribution in [3.8, 4) is 0 Å². The van der Waals surface area contributed by atoms with E-state index in [4.69, 9.17) is 11.6 Å². The predicted molar refractivity (Wildman–Crippen MR) is 139 cm³/mol. The van der Waals surface area contributed by atoms with Crippen molar-refractivity contribution in [1.82, 2.24) is 0 Å². The number of rotatable bonds is 7. The van der Waals surface area contributed by atoms with Crippen LogP contribution in [0.2, 0.25) is 5.02 Å². The Hall–Kier alpha value is -2.25. The fraction of sp³-hybridized carbons (Fsp3) is 0.0741. The molecule has 4 aromatic rings. The molecular formula is C27H23BrClOP. The molecule has 4 heteroatoms. The molecule has 0 bridgehead atoms. The van der Waals surface area contributed by atoms with Gasteiger partial charge in [-0.25, -0.2) is 0 Å². The first-order valence-corrected chi connectivity index (χ1v) is 15.0. The Morgan fingerprint density at radius 2 is 1.03 bits per heavy atom. The summed E-state index contributed by atoms with van der Waals surface area (Å²) in [7, 11) is 0. The molecule has 0 heterocycles. The second-order valence-electron chi connectivity index (χ2n) is 7.59. The molecule has 0 amide bonds. The number of benzene rings is 4. The van der Waals surface area contributed by atoms with Gasteiger partial charge in [-0.3, -0.25) is 0 Å². The molecule has 0 atom stereocenters. The van der Waals surface area contributed by atoms with E-state index < -0.39 is 5.31 Å². The molecule has 0 unspecified atom stereocenters. The molecule has 0 aliphatic rings. The monoisotopic (exact) mass is 508 g/mol. The third kappa shape index (κ3) is 4.13. The van der Waals surface area contributed by atoms with Crippen LogP contribution < -0.4 is 15.9 Å². The van der Waals surface area contributed by atoms with Crippen LogP contribution in [0.4, 0.5) is 0 Å². The standard InChI is InChI=1S/C27H23BrClOP/c28-31(24-10-4-1-5-11-24,25-12-6-2-7-13-25,26-14-8-3-9-15-26)21-20-27(30)22-16-18-23(29)19-17-22/h1-19H,20-21H2. The van der Waals surface area contributed by atoms with E-state index in [2.05, 4.69) is 88.3 Å². The SMILES string of the molecule is O=C(CCP(Br)(c1ccccc1)(c1ccccc1)c1ccccc1)c1ccc(Cl)cc1. The van der Waals surface area contributed by atoms with Crippen molar-refractivity contribution in [2.24, 2.45) is 0 Å². The van der Waals surface area contributed by atoms with Crippen molar-refractivity contribution in [3.05, 3.63) is 126 Å². The summed E-state index contributed by atoms with van der Waals surface area (Å²) in [5.74, 6) is 0.118. The summed E-state index contributed by atoms with van der Waals surface area (Å²) >= 11 is 10.4. The van der Waals surface area contributed by atoms with Crippen molar-refractivity contribution in [2.45, 2.75) is 6.42 Å². The number of hydrogen-bond donors (Lipinski definition) is 0.